The molecule has 1 saturated heterocycles. The van der Waals surface area contributed by atoms with Gasteiger partial charge in [0.1, 0.15) is 0 Å². The van der Waals surface area contributed by atoms with E-state index >= 15 is 0 Å². The number of ether oxygens (including phenoxy) is 1. The summed E-state index contributed by atoms with van der Waals surface area (Å²) in [6, 6.07) is 0.264. The highest BCUT2D eigenvalue weighted by atomic mass is 16.5. The third kappa shape index (κ3) is 1.94. The van der Waals surface area contributed by atoms with E-state index in [2.05, 4.69) is 5.32 Å². The third-order valence-corrected chi connectivity index (χ3v) is 1.90. The second kappa shape index (κ2) is 3.91. The quantitative estimate of drug-likeness (QED) is 0.575. The van der Waals surface area contributed by atoms with Crippen molar-refractivity contribution in [3.05, 3.63) is 0 Å². The maximum atomic E-state index is 9.36. The average Bonchev–Trinajstić information content (AvgIpc) is 2.38. The minimum Gasteiger partial charge on any atom is -0.389 e. The van der Waals surface area contributed by atoms with Crippen LogP contribution in [-0.4, -0.2) is 37.5 Å². The maximum absolute atomic E-state index is 9.36. The smallest absolute Gasteiger partial charge is 0.0926 e. The van der Waals surface area contributed by atoms with Crippen LogP contribution in [-0.2, 0) is 4.74 Å². The van der Waals surface area contributed by atoms with E-state index in [0.29, 0.717) is 6.61 Å². The van der Waals surface area contributed by atoms with Crippen LogP contribution in [0.3, 0.4) is 0 Å². The summed E-state index contributed by atoms with van der Waals surface area (Å²) in [5, 5.41) is 12.6. The monoisotopic (exact) mass is 145 g/mol. The summed E-state index contributed by atoms with van der Waals surface area (Å²) in [6.07, 6.45) is 1.92. The first kappa shape index (κ1) is 7.98. The molecule has 1 aliphatic heterocycles. The Kier molecular flexibility index (Phi) is 3.12. The summed E-state index contributed by atoms with van der Waals surface area (Å²) in [6.45, 7) is 1.48. The van der Waals surface area contributed by atoms with Crippen molar-refractivity contribution in [1.29, 1.82) is 0 Å². The molecule has 2 unspecified atom stereocenters. The predicted octanol–water partition coefficient (Wildman–Crippen LogP) is -0.254. The second-order valence-electron chi connectivity index (χ2n) is 2.73. The first-order valence-electron chi connectivity index (χ1n) is 3.75. The number of nitrogens with one attached hydrogen (secondary N) is 1. The summed E-state index contributed by atoms with van der Waals surface area (Å²) < 4.78 is 4.83. The molecule has 0 radical (unpaired) electrons. The van der Waals surface area contributed by atoms with E-state index in [0.717, 1.165) is 13.0 Å². The van der Waals surface area contributed by atoms with Gasteiger partial charge < -0.3 is 15.2 Å². The normalized spacial score (nSPS) is 28.8. The van der Waals surface area contributed by atoms with Gasteiger partial charge in [0.05, 0.1) is 12.7 Å². The molecule has 60 valence electrons. The molecule has 1 rings (SSSR count). The lowest BCUT2D eigenvalue weighted by Crippen LogP contribution is -2.37. The van der Waals surface area contributed by atoms with E-state index in [1.165, 1.54) is 6.42 Å². The van der Waals surface area contributed by atoms with Crippen LogP contribution in [0.4, 0.5) is 0 Å². The third-order valence-electron chi connectivity index (χ3n) is 1.90. The molecule has 1 fully saturated rings. The van der Waals surface area contributed by atoms with Crippen LogP contribution in [0, 0.1) is 0 Å². The largest absolute Gasteiger partial charge is 0.389 e. The van der Waals surface area contributed by atoms with E-state index in [-0.39, 0.29) is 12.1 Å². The highest BCUT2D eigenvalue weighted by Crippen LogP contribution is 2.08. The van der Waals surface area contributed by atoms with E-state index in [4.69, 9.17) is 4.74 Å². The molecule has 3 nitrogen and oxygen atoms in total. The number of aliphatic hydroxyl groups is 1. The van der Waals surface area contributed by atoms with Crippen LogP contribution in [0.5, 0.6) is 0 Å². The van der Waals surface area contributed by atoms with Crippen molar-refractivity contribution in [2.45, 2.75) is 25.0 Å². The predicted molar refractivity (Wildman–Crippen MR) is 38.9 cm³/mol. The van der Waals surface area contributed by atoms with Gasteiger partial charge in [0, 0.05) is 13.2 Å². The Balaban J connectivity index is 2.18. The fourth-order valence-electron chi connectivity index (χ4n) is 1.33. The molecule has 2 atom stereocenters. The average molecular weight is 145 g/mol. The highest BCUT2D eigenvalue weighted by molar-refractivity contribution is 4.80. The standard InChI is InChI=1S/C7H15NO2/c1-10-5-7(9)6-3-2-4-8-6/h6-9H,2-5H2,1H3. The van der Waals surface area contributed by atoms with Crippen molar-refractivity contribution in [3.8, 4) is 0 Å². The summed E-state index contributed by atoms with van der Waals surface area (Å²) in [5.74, 6) is 0. The Morgan fingerprint density at radius 2 is 2.60 bits per heavy atom. The zero-order valence-electron chi connectivity index (χ0n) is 6.34. The molecule has 3 heteroatoms. The van der Waals surface area contributed by atoms with Gasteiger partial charge >= 0.3 is 0 Å². The van der Waals surface area contributed by atoms with Crippen molar-refractivity contribution in [3.63, 3.8) is 0 Å². The van der Waals surface area contributed by atoms with E-state index < -0.39 is 0 Å². The zero-order chi connectivity index (χ0) is 7.40. The van der Waals surface area contributed by atoms with Gasteiger partial charge in [-0.1, -0.05) is 0 Å². The number of hydrogen-bond donors (Lipinski definition) is 2. The topological polar surface area (TPSA) is 41.5 Å². The van der Waals surface area contributed by atoms with Crippen LogP contribution in [0.2, 0.25) is 0 Å². The van der Waals surface area contributed by atoms with E-state index in [1.54, 1.807) is 7.11 Å². The summed E-state index contributed by atoms with van der Waals surface area (Å²) in [5.41, 5.74) is 0. The highest BCUT2D eigenvalue weighted by Gasteiger charge is 2.21. The van der Waals surface area contributed by atoms with Crippen molar-refractivity contribution in [2.24, 2.45) is 0 Å². The minimum atomic E-state index is -0.326. The van der Waals surface area contributed by atoms with Crippen LogP contribution in [0.25, 0.3) is 0 Å². The van der Waals surface area contributed by atoms with E-state index in [9.17, 15) is 5.11 Å². The Bertz CT molecular complexity index is 91.6. The van der Waals surface area contributed by atoms with Crippen molar-refractivity contribution in [1.82, 2.24) is 5.32 Å². The fourth-order valence-corrected chi connectivity index (χ4v) is 1.33. The maximum Gasteiger partial charge on any atom is 0.0926 e. The lowest BCUT2D eigenvalue weighted by atomic mass is 10.1. The molecule has 0 spiro atoms. The molecule has 0 bridgehead atoms. The zero-order valence-corrected chi connectivity index (χ0v) is 6.34. The first-order valence-corrected chi connectivity index (χ1v) is 3.75. The molecule has 0 aromatic carbocycles. The SMILES string of the molecule is COCC(O)C1CCCN1. The Labute approximate surface area is 61.4 Å². The fraction of sp³-hybridized carbons (Fsp3) is 1.00. The van der Waals surface area contributed by atoms with Gasteiger partial charge in [0.15, 0.2) is 0 Å². The lowest BCUT2D eigenvalue weighted by Gasteiger charge is -2.16. The molecule has 0 saturated carbocycles. The van der Waals surface area contributed by atoms with Gasteiger partial charge in [-0.3, -0.25) is 0 Å². The van der Waals surface area contributed by atoms with Crippen molar-refractivity contribution >= 4 is 0 Å². The Hall–Kier alpha value is -0.120. The van der Waals surface area contributed by atoms with Gasteiger partial charge in [-0.15, -0.1) is 0 Å². The van der Waals surface area contributed by atoms with Gasteiger partial charge in [-0.2, -0.15) is 0 Å². The number of aliphatic hydroxyl groups excluding tert-OH is 1. The molecule has 2 N–H and O–H groups in total. The summed E-state index contributed by atoms with van der Waals surface area (Å²) in [4.78, 5) is 0. The lowest BCUT2D eigenvalue weighted by molar-refractivity contribution is 0.0434. The van der Waals surface area contributed by atoms with Crippen molar-refractivity contribution < 1.29 is 9.84 Å². The Morgan fingerprint density at radius 3 is 3.10 bits per heavy atom. The molecule has 1 heterocycles. The number of rotatable bonds is 3. The molecule has 0 aliphatic carbocycles. The van der Waals surface area contributed by atoms with Crippen LogP contribution < -0.4 is 5.32 Å². The van der Waals surface area contributed by atoms with Crippen LogP contribution >= 0.6 is 0 Å². The minimum absolute atomic E-state index is 0.264. The first-order chi connectivity index (χ1) is 4.84. The molecule has 0 aromatic heterocycles. The van der Waals surface area contributed by atoms with Crippen LogP contribution in [0.1, 0.15) is 12.8 Å². The molecule has 0 amide bonds. The molecular formula is C7H15NO2. The number of methoxy groups -OCH3 is 1. The molecule has 1 aliphatic rings. The summed E-state index contributed by atoms with van der Waals surface area (Å²) in [7, 11) is 1.61. The molecular weight excluding hydrogens is 130 g/mol. The van der Waals surface area contributed by atoms with Gasteiger partial charge in [0.2, 0.25) is 0 Å². The van der Waals surface area contributed by atoms with Gasteiger partial charge in [-0.05, 0) is 19.4 Å². The van der Waals surface area contributed by atoms with Gasteiger partial charge in [-0.25, -0.2) is 0 Å². The Morgan fingerprint density at radius 1 is 1.80 bits per heavy atom. The van der Waals surface area contributed by atoms with Crippen LogP contribution in [0.15, 0.2) is 0 Å². The van der Waals surface area contributed by atoms with E-state index in [1.807, 2.05) is 0 Å². The molecule has 10 heavy (non-hydrogen) atoms. The van der Waals surface area contributed by atoms with Gasteiger partial charge in [0.25, 0.3) is 0 Å². The second-order valence-corrected chi connectivity index (χ2v) is 2.73. The molecule has 0 aromatic rings. The summed E-state index contributed by atoms with van der Waals surface area (Å²) >= 11 is 0. The number of hydrogen-bond acceptors (Lipinski definition) is 3. The van der Waals surface area contributed by atoms with Crippen molar-refractivity contribution in [2.75, 3.05) is 20.3 Å².